The molecule has 0 saturated heterocycles. The maximum Gasteiger partial charge on any atom is 0.252 e. The normalized spacial score (nSPS) is 10.9. The van der Waals surface area contributed by atoms with Gasteiger partial charge in [0.15, 0.2) is 0 Å². The molecule has 4 rings (SSSR count). The van der Waals surface area contributed by atoms with Crippen molar-refractivity contribution in [3.05, 3.63) is 72.2 Å². The number of carbonyl (C=O) groups is 1. The van der Waals surface area contributed by atoms with Gasteiger partial charge in [0.2, 0.25) is 11.8 Å². The number of rotatable bonds is 9. The molecule has 8 nitrogen and oxygen atoms in total. The SMILES string of the molecule is CCCCOc1ccc(-c2nnc(Cn3cc(C(N)=O)c(-c4ccccc4)n3)o2)cc1. The molecular weight excluding hydrogens is 394 g/mol. The first-order chi connectivity index (χ1) is 15.1. The van der Waals surface area contributed by atoms with Crippen molar-refractivity contribution in [2.75, 3.05) is 6.61 Å². The van der Waals surface area contributed by atoms with Crippen molar-refractivity contribution in [2.24, 2.45) is 5.73 Å². The lowest BCUT2D eigenvalue weighted by Crippen LogP contribution is -2.11. The number of amides is 1. The Morgan fingerprint density at radius 3 is 2.55 bits per heavy atom. The number of hydrogen-bond acceptors (Lipinski definition) is 6. The van der Waals surface area contributed by atoms with Crippen LogP contribution in [0.4, 0.5) is 0 Å². The van der Waals surface area contributed by atoms with Crippen molar-refractivity contribution in [1.82, 2.24) is 20.0 Å². The Morgan fingerprint density at radius 2 is 1.84 bits per heavy atom. The fourth-order valence-corrected chi connectivity index (χ4v) is 3.09. The number of carbonyl (C=O) groups excluding carboxylic acids is 1. The third kappa shape index (κ3) is 4.80. The molecule has 2 heterocycles. The van der Waals surface area contributed by atoms with Gasteiger partial charge in [0.1, 0.15) is 18.0 Å². The van der Waals surface area contributed by atoms with Gasteiger partial charge < -0.3 is 14.9 Å². The van der Waals surface area contributed by atoms with Gasteiger partial charge in [0.25, 0.3) is 5.91 Å². The van der Waals surface area contributed by atoms with Crippen LogP contribution in [0.5, 0.6) is 5.75 Å². The standard InChI is InChI=1S/C23H23N5O3/c1-2-3-13-30-18-11-9-17(10-12-18)23-26-25-20(31-23)15-28-14-19(22(24)29)21(27-28)16-7-5-4-6-8-16/h4-12,14H,2-3,13,15H2,1H3,(H2,24,29). The quantitative estimate of drug-likeness (QED) is 0.413. The third-order valence-corrected chi connectivity index (χ3v) is 4.71. The van der Waals surface area contributed by atoms with E-state index in [2.05, 4.69) is 22.2 Å². The van der Waals surface area contributed by atoms with E-state index in [1.54, 1.807) is 10.9 Å². The summed E-state index contributed by atoms with van der Waals surface area (Å²) in [5, 5.41) is 12.7. The van der Waals surface area contributed by atoms with Gasteiger partial charge >= 0.3 is 0 Å². The van der Waals surface area contributed by atoms with E-state index < -0.39 is 5.91 Å². The van der Waals surface area contributed by atoms with Crippen molar-refractivity contribution in [3.63, 3.8) is 0 Å². The second kappa shape index (κ2) is 9.25. The fraction of sp³-hybridized carbons (Fsp3) is 0.217. The number of nitrogens with two attached hydrogens (primary N) is 1. The van der Waals surface area contributed by atoms with Crippen LogP contribution in [-0.4, -0.2) is 32.5 Å². The predicted octanol–water partition coefficient (Wildman–Crippen LogP) is 3.93. The Kier molecular flexibility index (Phi) is 6.07. The summed E-state index contributed by atoms with van der Waals surface area (Å²) in [6.07, 6.45) is 3.70. The maximum absolute atomic E-state index is 11.9. The van der Waals surface area contributed by atoms with Gasteiger partial charge in [-0.1, -0.05) is 43.7 Å². The van der Waals surface area contributed by atoms with Crippen LogP contribution in [0.1, 0.15) is 36.0 Å². The van der Waals surface area contributed by atoms with E-state index in [0.29, 0.717) is 29.6 Å². The highest BCUT2D eigenvalue weighted by molar-refractivity contribution is 5.98. The molecule has 0 atom stereocenters. The van der Waals surface area contributed by atoms with Crippen LogP contribution < -0.4 is 10.5 Å². The summed E-state index contributed by atoms with van der Waals surface area (Å²) in [7, 11) is 0. The van der Waals surface area contributed by atoms with Gasteiger partial charge in [0.05, 0.1) is 12.2 Å². The molecule has 31 heavy (non-hydrogen) atoms. The Morgan fingerprint density at radius 1 is 1.06 bits per heavy atom. The average molecular weight is 417 g/mol. The first-order valence-electron chi connectivity index (χ1n) is 10.1. The topological polar surface area (TPSA) is 109 Å². The molecule has 0 saturated carbocycles. The summed E-state index contributed by atoms with van der Waals surface area (Å²) < 4.78 is 13.0. The molecule has 1 amide bonds. The van der Waals surface area contributed by atoms with Gasteiger partial charge in [-0.2, -0.15) is 5.10 Å². The zero-order valence-electron chi connectivity index (χ0n) is 17.2. The minimum atomic E-state index is -0.544. The molecule has 4 aromatic rings. The van der Waals surface area contributed by atoms with Crippen LogP contribution >= 0.6 is 0 Å². The van der Waals surface area contributed by atoms with Crippen molar-refractivity contribution in [1.29, 1.82) is 0 Å². The predicted molar refractivity (Wildman–Crippen MR) is 115 cm³/mol. The lowest BCUT2D eigenvalue weighted by Gasteiger charge is -2.05. The van der Waals surface area contributed by atoms with Crippen LogP contribution in [0, 0.1) is 0 Å². The molecular formula is C23H23N5O3. The second-order valence-corrected chi connectivity index (χ2v) is 7.05. The average Bonchev–Trinajstić information content (AvgIpc) is 3.43. The number of hydrogen-bond donors (Lipinski definition) is 1. The van der Waals surface area contributed by atoms with Crippen LogP contribution in [0.15, 0.2) is 65.2 Å². The Labute approximate surface area is 179 Å². The molecule has 0 aliphatic rings. The molecule has 0 radical (unpaired) electrons. The minimum absolute atomic E-state index is 0.221. The number of unbranched alkanes of at least 4 members (excludes halogenated alkanes) is 1. The summed E-state index contributed by atoms with van der Waals surface area (Å²) in [5.41, 5.74) is 8.00. The summed E-state index contributed by atoms with van der Waals surface area (Å²) in [6.45, 7) is 3.04. The molecule has 0 unspecified atom stereocenters. The molecule has 2 aromatic carbocycles. The maximum atomic E-state index is 11.9. The number of aromatic nitrogens is 4. The van der Waals surface area contributed by atoms with Crippen molar-refractivity contribution in [3.8, 4) is 28.5 Å². The molecule has 8 heteroatoms. The zero-order valence-corrected chi connectivity index (χ0v) is 17.2. The van der Waals surface area contributed by atoms with E-state index in [4.69, 9.17) is 14.9 Å². The molecule has 0 aliphatic heterocycles. The fourth-order valence-electron chi connectivity index (χ4n) is 3.09. The lowest BCUT2D eigenvalue weighted by molar-refractivity contribution is 0.100. The Hall–Kier alpha value is -3.94. The number of nitrogens with zero attached hydrogens (tertiary/aromatic N) is 4. The summed E-state index contributed by atoms with van der Waals surface area (Å²) in [5.74, 6) is 1.04. The molecule has 158 valence electrons. The van der Waals surface area contributed by atoms with Gasteiger partial charge in [-0.25, -0.2) is 0 Å². The number of benzene rings is 2. The molecule has 2 N–H and O–H groups in total. The monoisotopic (exact) mass is 417 g/mol. The largest absolute Gasteiger partial charge is 0.494 e. The van der Waals surface area contributed by atoms with Crippen LogP contribution in [0.2, 0.25) is 0 Å². The summed E-state index contributed by atoms with van der Waals surface area (Å²) >= 11 is 0. The highest BCUT2D eigenvalue weighted by Gasteiger charge is 2.17. The van der Waals surface area contributed by atoms with E-state index in [0.717, 1.165) is 29.7 Å². The Bertz CT molecular complexity index is 1150. The highest BCUT2D eigenvalue weighted by Crippen LogP contribution is 2.24. The second-order valence-electron chi connectivity index (χ2n) is 7.05. The first-order valence-corrected chi connectivity index (χ1v) is 10.1. The molecule has 0 bridgehead atoms. The summed E-state index contributed by atoms with van der Waals surface area (Å²) in [4.78, 5) is 11.9. The van der Waals surface area contributed by atoms with Crippen LogP contribution in [-0.2, 0) is 6.54 Å². The van der Waals surface area contributed by atoms with E-state index in [1.165, 1.54) is 0 Å². The van der Waals surface area contributed by atoms with Gasteiger partial charge in [-0.05, 0) is 30.7 Å². The van der Waals surface area contributed by atoms with E-state index in [-0.39, 0.29) is 6.54 Å². The lowest BCUT2D eigenvalue weighted by atomic mass is 10.1. The smallest absolute Gasteiger partial charge is 0.252 e. The van der Waals surface area contributed by atoms with E-state index >= 15 is 0 Å². The van der Waals surface area contributed by atoms with Gasteiger partial charge in [0, 0.05) is 17.3 Å². The summed E-state index contributed by atoms with van der Waals surface area (Å²) in [6, 6.07) is 16.9. The van der Waals surface area contributed by atoms with Crippen molar-refractivity contribution < 1.29 is 13.9 Å². The first kappa shape index (κ1) is 20.3. The van der Waals surface area contributed by atoms with E-state index in [1.807, 2.05) is 54.6 Å². The minimum Gasteiger partial charge on any atom is -0.494 e. The molecule has 0 fully saturated rings. The van der Waals surface area contributed by atoms with Crippen molar-refractivity contribution >= 4 is 5.91 Å². The van der Waals surface area contributed by atoms with E-state index in [9.17, 15) is 4.79 Å². The zero-order chi connectivity index (χ0) is 21.6. The highest BCUT2D eigenvalue weighted by atomic mass is 16.5. The van der Waals surface area contributed by atoms with Gasteiger partial charge in [-0.3, -0.25) is 9.48 Å². The number of primary amides is 1. The van der Waals surface area contributed by atoms with Crippen LogP contribution in [0.3, 0.4) is 0 Å². The van der Waals surface area contributed by atoms with Gasteiger partial charge in [-0.15, -0.1) is 10.2 Å². The molecule has 2 aromatic heterocycles. The Balaban J connectivity index is 1.50. The number of ether oxygens (including phenoxy) is 1. The molecule has 0 aliphatic carbocycles. The molecule has 0 spiro atoms. The van der Waals surface area contributed by atoms with Crippen molar-refractivity contribution in [2.45, 2.75) is 26.3 Å². The van der Waals surface area contributed by atoms with Crippen LogP contribution in [0.25, 0.3) is 22.7 Å². The third-order valence-electron chi connectivity index (χ3n) is 4.71.